The lowest BCUT2D eigenvalue weighted by Crippen LogP contribution is -2.51. The fraction of sp³-hybridized carbons (Fsp3) is 0.720. The third-order valence-electron chi connectivity index (χ3n) is 5.46. The Hall–Kier alpha value is -1.79. The zero-order valence-electron chi connectivity index (χ0n) is 33.4. The molecule has 5 atom stereocenters. The zero-order valence-corrected chi connectivity index (χ0v) is 18.4. The Morgan fingerprint density at radius 1 is 1.45 bits per heavy atom. The van der Waals surface area contributed by atoms with E-state index in [1.165, 1.54) is 0 Å². The van der Waals surface area contributed by atoms with Gasteiger partial charge < -0.3 is 19.9 Å². The van der Waals surface area contributed by atoms with Gasteiger partial charge in [-0.2, -0.15) is 0 Å². The summed E-state index contributed by atoms with van der Waals surface area (Å²) in [4.78, 5) is 14.1. The van der Waals surface area contributed by atoms with Gasteiger partial charge in [0.25, 0.3) is 0 Å². The minimum Gasteiger partial charge on any atom is -0.493 e. The average Bonchev–Trinajstić information content (AvgIpc) is 2.86. The minimum absolute atomic E-state index is 0.315. The number of carbonyl (C=O) groups is 1. The van der Waals surface area contributed by atoms with Crippen LogP contribution in [0, 0.1) is 17.2 Å². The van der Waals surface area contributed by atoms with Crippen LogP contribution >= 0.6 is 0 Å². The van der Waals surface area contributed by atoms with Crippen molar-refractivity contribution in [3.8, 4) is 11.5 Å². The highest BCUT2D eigenvalue weighted by Gasteiger charge is 2.42. The third kappa shape index (κ3) is 5.17. The number of nitrogens with zero attached hydrogens (tertiary/aromatic N) is 1. The minimum atomic E-state index is -3.20. The maximum absolute atomic E-state index is 13.3. The standard InChI is InChI=1S/C25H40N2O4/c1-15(2)10-17-14-27-9-8-16-11-21(29-6)22(30-7)12-18(16)19(27)13-20(17)31-24(28)23(26)25(3,4)5/h11-12,15,17,19-20,23H,8-10,13-14,26H2,1-7H3/t17?,19?,20?,23-/m1/s1/i1D3,6D3,8D2,9D2,10D2,11D,12D,15D/t15?,17?,19?,20?,23-. The number of carbonyl (C=O) groups excluding carboxylic acids is 1. The van der Waals surface area contributed by atoms with Crippen molar-refractivity contribution in [2.24, 2.45) is 23.0 Å². The summed E-state index contributed by atoms with van der Waals surface area (Å²) in [5, 5.41) is 0. The summed E-state index contributed by atoms with van der Waals surface area (Å²) in [6, 6.07) is -4.18. The van der Waals surface area contributed by atoms with Gasteiger partial charge in [-0.3, -0.25) is 9.69 Å². The highest BCUT2D eigenvalue weighted by atomic mass is 16.5. The normalized spacial score (nSPS) is 38.4. The average molecular weight is 448 g/mol. The van der Waals surface area contributed by atoms with Gasteiger partial charge in [0, 0.05) is 45.1 Å². The maximum atomic E-state index is 13.3. The SMILES string of the molecule is [2H]c1c(OC)c(OC([2H])([2H])[2H])c([2H])c2c1C1CC(OC(=O)[C@@H](N)C(C)(C)C)C(C([2H])([2H])C([2H])(C)C([2H])([2H])[2H])CN1C([2H])([2H])C2([2H])[2H]. The number of esters is 1. The summed E-state index contributed by atoms with van der Waals surface area (Å²) >= 11 is 0. The molecule has 2 heterocycles. The first-order valence-corrected chi connectivity index (χ1v) is 10.0. The van der Waals surface area contributed by atoms with E-state index in [0.717, 1.165) is 18.9 Å². The number of hydrogen-bond acceptors (Lipinski definition) is 6. The van der Waals surface area contributed by atoms with Crippen molar-refractivity contribution in [3.63, 3.8) is 0 Å². The molecule has 6 nitrogen and oxygen atoms in total. The molecule has 0 radical (unpaired) electrons. The molecule has 1 saturated heterocycles. The van der Waals surface area contributed by atoms with Gasteiger partial charge in [-0.15, -0.1) is 0 Å². The van der Waals surface area contributed by atoms with Crippen LogP contribution in [0.25, 0.3) is 0 Å². The van der Waals surface area contributed by atoms with Crippen molar-refractivity contribution in [1.29, 1.82) is 0 Å². The summed E-state index contributed by atoms with van der Waals surface area (Å²) in [5.74, 6) is -6.91. The van der Waals surface area contributed by atoms with E-state index >= 15 is 0 Å². The second-order valence-corrected chi connectivity index (χ2v) is 8.84. The second-order valence-electron chi connectivity index (χ2n) is 8.84. The van der Waals surface area contributed by atoms with Crippen LogP contribution in [-0.2, 0) is 15.9 Å². The van der Waals surface area contributed by atoms with Crippen LogP contribution in [-0.4, -0.2) is 50.2 Å². The molecule has 0 aliphatic carbocycles. The number of methoxy groups -OCH3 is 2. The molecule has 0 bridgehead atoms. The van der Waals surface area contributed by atoms with Crippen LogP contribution in [0.1, 0.15) is 85.1 Å². The summed E-state index contributed by atoms with van der Waals surface area (Å²) < 4.78 is 142. The van der Waals surface area contributed by atoms with E-state index < -0.39 is 117 Å². The zero-order chi connectivity index (χ0) is 36.0. The molecule has 0 amide bonds. The lowest BCUT2D eigenvalue weighted by atomic mass is 9.79. The molecule has 3 rings (SSSR count). The first-order valence-electron chi connectivity index (χ1n) is 17.5. The number of fused-ring (bicyclic) bond motifs is 3. The van der Waals surface area contributed by atoms with Crippen molar-refractivity contribution < 1.29 is 39.6 Å². The Balaban J connectivity index is 2.36. The predicted octanol–water partition coefficient (Wildman–Crippen LogP) is 3.95. The van der Waals surface area contributed by atoms with Gasteiger partial charge >= 0.3 is 5.97 Å². The fourth-order valence-corrected chi connectivity index (χ4v) is 3.66. The van der Waals surface area contributed by atoms with Crippen molar-refractivity contribution in [2.45, 2.75) is 71.9 Å². The Kier molecular flexibility index (Phi) is 3.29. The van der Waals surface area contributed by atoms with E-state index in [-0.39, 0.29) is 5.56 Å². The molecular formula is C25H40N2O4. The van der Waals surface area contributed by atoms with Gasteiger partial charge in [0.2, 0.25) is 0 Å². The maximum Gasteiger partial charge on any atom is 0.323 e. The van der Waals surface area contributed by atoms with Gasteiger partial charge in [0.15, 0.2) is 11.5 Å². The van der Waals surface area contributed by atoms with Gasteiger partial charge in [-0.25, -0.2) is 0 Å². The molecule has 1 aromatic rings. The van der Waals surface area contributed by atoms with E-state index in [2.05, 4.69) is 0 Å². The van der Waals surface area contributed by atoms with Gasteiger partial charge in [0.05, 0.1) is 21.0 Å². The largest absolute Gasteiger partial charge is 0.493 e. The lowest BCUT2D eigenvalue weighted by molar-refractivity contribution is -0.161. The molecule has 2 N–H and O–H groups in total. The van der Waals surface area contributed by atoms with Crippen LogP contribution in [0.2, 0.25) is 0 Å². The van der Waals surface area contributed by atoms with E-state index in [4.69, 9.17) is 40.5 Å². The molecule has 6 heteroatoms. The van der Waals surface area contributed by atoms with E-state index in [1.807, 2.05) is 0 Å². The van der Waals surface area contributed by atoms with Gasteiger partial charge in [-0.1, -0.05) is 34.5 Å². The molecule has 174 valence electrons. The fourth-order valence-electron chi connectivity index (χ4n) is 3.66. The van der Waals surface area contributed by atoms with Crippen molar-refractivity contribution in [3.05, 3.63) is 23.2 Å². The molecule has 0 saturated carbocycles. The van der Waals surface area contributed by atoms with Crippen molar-refractivity contribution in [2.75, 3.05) is 27.2 Å². The number of ether oxygens (including phenoxy) is 3. The predicted molar refractivity (Wildman–Crippen MR) is 122 cm³/mol. The summed E-state index contributed by atoms with van der Waals surface area (Å²) in [6.45, 7) is -1.30. The summed E-state index contributed by atoms with van der Waals surface area (Å²) in [7, 11) is -2.09. The Labute approximate surface area is 208 Å². The molecule has 1 aromatic carbocycles. The lowest BCUT2D eigenvalue weighted by Gasteiger charge is -2.47. The smallest absolute Gasteiger partial charge is 0.323 e. The first kappa shape index (κ1) is 10.9. The van der Waals surface area contributed by atoms with Crippen LogP contribution in [0.15, 0.2) is 12.1 Å². The van der Waals surface area contributed by atoms with Gasteiger partial charge in [-0.05, 0) is 47.3 Å². The van der Waals surface area contributed by atoms with E-state index in [0.29, 0.717) is 0 Å². The molecule has 2 aliphatic heterocycles. The number of piperidine rings is 1. The summed E-state index contributed by atoms with van der Waals surface area (Å²) in [6.07, 6.45) is -8.29. The number of benzene rings is 1. The molecule has 31 heavy (non-hydrogen) atoms. The van der Waals surface area contributed by atoms with Gasteiger partial charge in [0.1, 0.15) is 12.1 Å². The number of rotatable bonds is 6. The van der Waals surface area contributed by atoms with Crippen LogP contribution in [0.5, 0.6) is 11.5 Å². The first-order chi connectivity index (χ1) is 20.4. The molecular weight excluding hydrogens is 392 g/mol. The number of nitrogens with two attached hydrogens (primary N) is 1. The highest BCUT2D eigenvalue weighted by molar-refractivity contribution is 5.76. The molecule has 0 spiro atoms. The van der Waals surface area contributed by atoms with Crippen molar-refractivity contribution in [1.82, 2.24) is 4.90 Å². The molecule has 2 aliphatic rings. The molecule has 0 aromatic heterocycles. The monoisotopic (exact) mass is 447 g/mol. The highest BCUT2D eigenvalue weighted by Crippen LogP contribution is 2.44. The Morgan fingerprint density at radius 3 is 2.84 bits per heavy atom. The van der Waals surface area contributed by atoms with Crippen LogP contribution in [0.4, 0.5) is 0 Å². The van der Waals surface area contributed by atoms with E-state index in [9.17, 15) is 4.79 Å². The quantitative estimate of drug-likeness (QED) is 0.666. The topological polar surface area (TPSA) is 74.0 Å². The summed E-state index contributed by atoms with van der Waals surface area (Å²) in [5.41, 5.74) is 4.25. The van der Waals surface area contributed by atoms with Crippen molar-refractivity contribution >= 4 is 5.97 Å². The Bertz CT molecular complexity index is 1350. The van der Waals surface area contributed by atoms with E-state index in [1.54, 1.807) is 20.8 Å². The Morgan fingerprint density at radius 2 is 2.19 bits per heavy atom. The third-order valence-corrected chi connectivity index (χ3v) is 5.46. The van der Waals surface area contributed by atoms with Crippen LogP contribution in [0.3, 0.4) is 0 Å². The molecule has 4 unspecified atom stereocenters. The van der Waals surface area contributed by atoms with Crippen LogP contribution < -0.4 is 15.2 Å². The number of hydrogen-bond donors (Lipinski definition) is 1. The second kappa shape index (κ2) is 9.37. The molecule has 1 fully saturated rings.